The molecule has 1 aromatic carbocycles. The molecule has 2 atom stereocenters. The summed E-state index contributed by atoms with van der Waals surface area (Å²) in [6, 6.07) is 4.09. The van der Waals surface area contributed by atoms with E-state index in [0.29, 0.717) is 5.75 Å². The van der Waals surface area contributed by atoms with E-state index in [1.807, 2.05) is 0 Å². The second-order valence-electron chi connectivity index (χ2n) is 3.64. The standard InChI is InChI=1S/C11H13F3O2S/c12-11(13,14)8-3-1-7(2-4-8)10(16)9(15)5-6-17/h1-4,9-10,15-17H,5-6H2. The summed E-state index contributed by atoms with van der Waals surface area (Å²) >= 11 is 3.90. The van der Waals surface area contributed by atoms with Crippen LogP contribution in [0.25, 0.3) is 0 Å². The molecule has 1 aromatic rings. The van der Waals surface area contributed by atoms with Crippen LogP contribution in [0.5, 0.6) is 0 Å². The van der Waals surface area contributed by atoms with Gasteiger partial charge in [0.2, 0.25) is 0 Å². The van der Waals surface area contributed by atoms with Crippen molar-refractivity contribution in [3.8, 4) is 0 Å². The van der Waals surface area contributed by atoms with Crippen molar-refractivity contribution in [2.45, 2.75) is 24.8 Å². The van der Waals surface area contributed by atoms with Crippen LogP contribution in [-0.4, -0.2) is 22.1 Å². The molecule has 0 bridgehead atoms. The zero-order chi connectivity index (χ0) is 13.1. The van der Waals surface area contributed by atoms with Crippen molar-refractivity contribution in [3.63, 3.8) is 0 Å². The molecule has 1 rings (SSSR count). The van der Waals surface area contributed by atoms with Crippen molar-refractivity contribution >= 4 is 12.6 Å². The minimum Gasteiger partial charge on any atom is -0.390 e. The van der Waals surface area contributed by atoms with Gasteiger partial charge in [0.15, 0.2) is 0 Å². The monoisotopic (exact) mass is 266 g/mol. The molecule has 0 spiro atoms. The fourth-order valence-electron chi connectivity index (χ4n) is 1.38. The maximum atomic E-state index is 12.3. The van der Waals surface area contributed by atoms with Crippen LogP contribution in [0.4, 0.5) is 13.2 Å². The Morgan fingerprint density at radius 1 is 1.12 bits per heavy atom. The second kappa shape index (κ2) is 5.75. The Balaban J connectivity index is 2.80. The lowest BCUT2D eigenvalue weighted by Crippen LogP contribution is -2.18. The van der Waals surface area contributed by atoms with Gasteiger partial charge in [-0.2, -0.15) is 25.8 Å². The van der Waals surface area contributed by atoms with Crippen molar-refractivity contribution in [3.05, 3.63) is 35.4 Å². The molecular formula is C11H13F3O2S. The van der Waals surface area contributed by atoms with E-state index in [-0.39, 0.29) is 12.0 Å². The van der Waals surface area contributed by atoms with Gasteiger partial charge in [0.1, 0.15) is 6.10 Å². The third-order valence-electron chi connectivity index (χ3n) is 2.37. The summed E-state index contributed by atoms with van der Waals surface area (Å²) < 4.78 is 36.8. The topological polar surface area (TPSA) is 40.5 Å². The first-order valence-corrected chi connectivity index (χ1v) is 5.63. The molecule has 0 aliphatic heterocycles. The first-order chi connectivity index (χ1) is 7.86. The minimum absolute atomic E-state index is 0.257. The van der Waals surface area contributed by atoms with Crippen molar-refractivity contribution < 1.29 is 23.4 Å². The Morgan fingerprint density at radius 2 is 1.65 bits per heavy atom. The summed E-state index contributed by atoms with van der Waals surface area (Å²) in [5.41, 5.74) is -0.524. The number of thiol groups is 1. The van der Waals surface area contributed by atoms with Gasteiger partial charge in [-0.15, -0.1) is 0 Å². The smallest absolute Gasteiger partial charge is 0.390 e. The molecule has 0 saturated heterocycles. The van der Waals surface area contributed by atoms with Crippen molar-refractivity contribution in [1.82, 2.24) is 0 Å². The molecule has 2 N–H and O–H groups in total. The average Bonchev–Trinajstić information content (AvgIpc) is 2.27. The number of rotatable bonds is 4. The van der Waals surface area contributed by atoms with Gasteiger partial charge in [-0.1, -0.05) is 12.1 Å². The van der Waals surface area contributed by atoms with Gasteiger partial charge >= 0.3 is 6.18 Å². The van der Waals surface area contributed by atoms with E-state index in [0.717, 1.165) is 24.3 Å². The zero-order valence-corrected chi connectivity index (χ0v) is 9.75. The van der Waals surface area contributed by atoms with Gasteiger partial charge in [0, 0.05) is 0 Å². The predicted molar refractivity (Wildman–Crippen MR) is 60.9 cm³/mol. The Morgan fingerprint density at radius 3 is 2.06 bits per heavy atom. The summed E-state index contributed by atoms with van der Waals surface area (Å²) in [5, 5.41) is 19.1. The highest BCUT2D eigenvalue weighted by molar-refractivity contribution is 7.80. The summed E-state index contributed by atoms with van der Waals surface area (Å²) in [6.07, 6.45) is -6.34. The molecule has 0 fully saturated rings. The number of aliphatic hydroxyl groups excluding tert-OH is 2. The Bertz CT molecular complexity index is 351. The molecule has 0 heterocycles. The molecule has 0 saturated carbocycles. The molecule has 2 nitrogen and oxygen atoms in total. The number of alkyl halides is 3. The molecular weight excluding hydrogens is 253 g/mol. The number of halogens is 3. The van der Waals surface area contributed by atoms with Gasteiger partial charge in [0.05, 0.1) is 11.7 Å². The SMILES string of the molecule is OC(CCS)C(O)c1ccc(C(F)(F)F)cc1. The molecule has 2 unspecified atom stereocenters. The number of hydrogen-bond acceptors (Lipinski definition) is 3. The molecule has 0 amide bonds. The van der Waals surface area contributed by atoms with Crippen molar-refractivity contribution in [1.29, 1.82) is 0 Å². The molecule has 0 aliphatic rings. The van der Waals surface area contributed by atoms with E-state index in [4.69, 9.17) is 0 Å². The lowest BCUT2D eigenvalue weighted by molar-refractivity contribution is -0.137. The van der Waals surface area contributed by atoms with E-state index in [2.05, 4.69) is 12.6 Å². The van der Waals surface area contributed by atoms with Crippen molar-refractivity contribution in [2.24, 2.45) is 0 Å². The fourth-order valence-corrected chi connectivity index (χ4v) is 1.65. The van der Waals surface area contributed by atoms with Crippen LogP contribution >= 0.6 is 12.6 Å². The largest absolute Gasteiger partial charge is 0.416 e. The molecule has 0 aliphatic carbocycles. The Labute approximate surface area is 102 Å². The first kappa shape index (κ1) is 14.3. The van der Waals surface area contributed by atoms with Gasteiger partial charge in [-0.25, -0.2) is 0 Å². The molecule has 96 valence electrons. The van der Waals surface area contributed by atoms with Crippen LogP contribution in [0, 0.1) is 0 Å². The summed E-state index contributed by atoms with van der Waals surface area (Å²) in [7, 11) is 0. The van der Waals surface area contributed by atoms with Crippen LogP contribution in [0.2, 0.25) is 0 Å². The van der Waals surface area contributed by atoms with E-state index in [1.165, 1.54) is 0 Å². The fraction of sp³-hybridized carbons (Fsp3) is 0.455. The maximum Gasteiger partial charge on any atom is 0.416 e. The number of hydrogen-bond donors (Lipinski definition) is 3. The van der Waals surface area contributed by atoms with Gasteiger partial charge in [-0.3, -0.25) is 0 Å². The first-order valence-electron chi connectivity index (χ1n) is 5.00. The predicted octanol–water partition coefficient (Wildman–Crippen LogP) is 2.42. The summed E-state index contributed by atoms with van der Waals surface area (Å²) in [4.78, 5) is 0. The highest BCUT2D eigenvalue weighted by atomic mass is 32.1. The van der Waals surface area contributed by atoms with Crippen LogP contribution < -0.4 is 0 Å². The third kappa shape index (κ3) is 3.90. The van der Waals surface area contributed by atoms with Crippen LogP contribution in [0.15, 0.2) is 24.3 Å². The van der Waals surface area contributed by atoms with E-state index < -0.39 is 23.9 Å². The van der Waals surface area contributed by atoms with Crippen molar-refractivity contribution in [2.75, 3.05) is 5.75 Å². The number of benzene rings is 1. The van der Waals surface area contributed by atoms with E-state index in [9.17, 15) is 23.4 Å². The minimum atomic E-state index is -4.40. The van der Waals surface area contributed by atoms with Crippen LogP contribution in [0.3, 0.4) is 0 Å². The summed E-state index contributed by atoms with van der Waals surface area (Å²) in [5.74, 6) is 0.388. The van der Waals surface area contributed by atoms with Gasteiger partial charge in [-0.05, 0) is 29.9 Å². The van der Waals surface area contributed by atoms with Gasteiger partial charge in [0.25, 0.3) is 0 Å². The average molecular weight is 266 g/mol. The quantitative estimate of drug-likeness (QED) is 0.732. The Kier molecular flexibility index (Phi) is 4.85. The zero-order valence-electron chi connectivity index (χ0n) is 8.85. The highest BCUT2D eigenvalue weighted by Gasteiger charge is 2.30. The molecule has 17 heavy (non-hydrogen) atoms. The third-order valence-corrected chi connectivity index (χ3v) is 2.63. The molecule has 0 radical (unpaired) electrons. The second-order valence-corrected chi connectivity index (χ2v) is 4.09. The number of aliphatic hydroxyl groups is 2. The lowest BCUT2D eigenvalue weighted by Gasteiger charge is -2.17. The Hall–Kier alpha value is -0.720. The highest BCUT2D eigenvalue weighted by Crippen LogP contribution is 2.30. The van der Waals surface area contributed by atoms with Crippen LogP contribution in [-0.2, 0) is 6.18 Å². The molecule has 6 heteroatoms. The van der Waals surface area contributed by atoms with Crippen LogP contribution in [0.1, 0.15) is 23.7 Å². The molecule has 0 aromatic heterocycles. The van der Waals surface area contributed by atoms with E-state index >= 15 is 0 Å². The van der Waals surface area contributed by atoms with E-state index in [1.54, 1.807) is 0 Å². The lowest BCUT2D eigenvalue weighted by atomic mass is 10.0. The normalized spacial score (nSPS) is 15.6. The van der Waals surface area contributed by atoms with Gasteiger partial charge < -0.3 is 10.2 Å². The maximum absolute atomic E-state index is 12.3. The summed E-state index contributed by atoms with van der Waals surface area (Å²) in [6.45, 7) is 0.